The van der Waals surface area contributed by atoms with Crippen molar-refractivity contribution in [1.29, 1.82) is 0 Å². The Bertz CT molecular complexity index is 806. The second-order valence-electron chi connectivity index (χ2n) is 5.53. The van der Waals surface area contributed by atoms with Crippen molar-refractivity contribution in [2.75, 3.05) is 20.7 Å². The number of methoxy groups -OCH3 is 1. The van der Waals surface area contributed by atoms with Crippen LogP contribution in [0.15, 0.2) is 34.6 Å². The number of rotatable bonds is 7. The number of aromatic nitrogens is 1. The molecule has 1 aromatic carbocycles. The van der Waals surface area contributed by atoms with Crippen LogP contribution in [-0.2, 0) is 24.1 Å². The highest BCUT2D eigenvalue weighted by atomic mass is 32.1. The molecule has 152 valence electrons. The molecule has 0 aliphatic heterocycles. The van der Waals surface area contributed by atoms with E-state index < -0.39 is 11.9 Å². The van der Waals surface area contributed by atoms with E-state index in [0.717, 1.165) is 28.0 Å². The fourth-order valence-electron chi connectivity index (χ4n) is 2.07. The van der Waals surface area contributed by atoms with Crippen molar-refractivity contribution in [2.24, 2.45) is 4.99 Å². The fraction of sp³-hybridized carbons (Fsp3) is 0.353. The van der Waals surface area contributed by atoms with Gasteiger partial charge in [-0.3, -0.25) is 9.79 Å². The number of amides is 1. The highest BCUT2D eigenvalue weighted by Crippen LogP contribution is 2.29. The second-order valence-corrected chi connectivity index (χ2v) is 6.47. The Hall–Kier alpha value is -2.82. The molecule has 0 saturated carbocycles. The number of hydrogen-bond donors (Lipinski definition) is 3. The Morgan fingerprint density at radius 3 is 2.46 bits per heavy atom. The maximum atomic E-state index is 12.5. The lowest BCUT2D eigenvalue weighted by Gasteiger charge is -2.11. The number of nitrogens with zero attached hydrogens (tertiary/aromatic N) is 2. The summed E-state index contributed by atoms with van der Waals surface area (Å²) in [5.41, 5.74) is -0.00366. The summed E-state index contributed by atoms with van der Waals surface area (Å²) in [6, 6.07) is 7.29. The molecule has 0 aliphatic rings. The van der Waals surface area contributed by atoms with Gasteiger partial charge in [0, 0.05) is 19.0 Å². The number of nitrogens with one attached hydrogen (secondary N) is 3. The first-order chi connectivity index (χ1) is 13.3. The molecule has 0 aliphatic carbocycles. The lowest BCUT2D eigenvalue weighted by atomic mass is 10.2. The van der Waals surface area contributed by atoms with Gasteiger partial charge in [0.05, 0.1) is 20.2 Å². The van der Waals surface area contributed by atoms with Gasteiger partial charge in [-0.15, -0.1) is 11.3 Å². The van der Waals surface area contributed by atoms with Crippen LogP contribution in [0.3, 0.4) is 0 Å². The molecule has 0 fully saturated rings. The van der Waals surface area contributed by atoms with Crippen LogP contribution in [0.2, 0.25) is 0 Å². The molecule has 0 spiro atoms. The van der Waals surface area contributed by atoms with Gasteiger partial charge >= 0.3 is 6.18 Å². The third-order valence-electron chi connectivity index (χ3n) is 3.54. The molecule has 0 saturated heterocycles. The van der Waals surface area contributed by atoms with E-state index in [1.807, 2.05) is 12.1 Å². The van der Waals surface area contributed by atoms with Crippen LogP contribution in [0.25, 0.3) is 0 Å². The zero-order valence-corrected chi connectivity index (χ0v) is 16.1. The molecule has 1 heterocycles. The molecule has 1 amide bonds. The topological polar surface area (TPSA) is 87.6 Å². The Balaban J connectivity index is 1.73. The summed E-state index contributed by atoms with van der Waals surface area (Å²) in [5.74, 6) is 0.755. The van der Waals surface area contributed by atoms with Gasteiger partial charge in [-0.1, -0.05) is 12.1 Å². The van der Waals surface area contributed by atoms with Gasteiger partial charge in [0.1, 0.15) is 10.8 Å². The van der Waals surface area contributed by atoms with E-state index >= 15 is 0 Å². The quantitative estimate of drug-likeness (QED) is 0.477. The van der Waals surface area contributed by atoms with Gasteiger partial charge in [-0.25, -0.2) is 4.98 Å². The SMILES string of the molecule is CN=C(NCC(=O)NCc1ccc(OC)cc1)NCc1nc(C(F)(F)F)cs1. The van der Waals surface area contributed by atoms with Crippen LogP contribution >= 0.6 is 11.3 Å². The summed E-state index contributed by atoms with van der Waals surface area (Å²) in [7, 11) is 3.07. The Kier molecular flexibility index (Phi) is 7.61. The third kappa shape index (κ3) is 6.72. The number of ether oxygens (including phenoxy) is 1. The van der Waals surface area contributed by atoms with Crippen LogP contribution in [0.1, 0.15) is 16.3 Å². The first kappa shape index (κ1) is 21.5. The first-order valence-corrected chi connectivity index (χ1v) is 9.05. The molecule has 0 unspecified atom stereocenters. The van der Waals surface area contributed by atoms with E-state index in [1.165, 1.54) is 7.05 Å². The highest BCUT2D eigenvalue weighted by Gasteiger charge is 2.33. The number of carbonyl (C=O) groups excluding carboxylic acids is 1. The molecule has 28 heavy (non-hydrogen) atoms. The lowest BCUT2D eigenvalue weighted by Crippen LogP contribution is -2.42. The van der Waals surface area contributed by atoms with Crippen molar-refractivity contribution in [1.82, 2.24) is 20.9 Å². The maximum Gasteiger partial charge on any atom is 0.434 e. The predicted molar refractivity (Wildman–Crippen MR) is 100 cm³/mol. The Labute approximate surface area is 164 Å². The van der Waals surface area contributed by atoms with Crippen LogP contribution in [-0.4, -0.2) is 37.6 Å². The van der Waals surface area contributed by atoms with Gasteiger partial charge < -0.3 is 20.7 Å². The number of guanidine groups is 1. The summed E-state index contributed by atoms with van der Waals surface area (Å²) in [4.78, 5) is 19.4. The monoisotopic (exact) mass is 415 g/mol. The Morgan fingerprint density at radius 1 is 1.18 bits per heavy atom. The molecule has 3 N–H and O–H groups in total. The predicted octanol–water partition coefficient (Wildman–Crippen LogP) is 2.15. The number of aliphatic imine (C=N–C) groups is 1. The van der Waals surface area contributed by atoms with E-state index in [-0.39, 0.29) is 30.0 Å². The molecule has 0 bridgehead atoms. The largest absolute Gasteiger partial charge is 0.497 e. The third-order valence-corrected chi connectivity index (χ3v) is 4.39. The fourth-order valence-corrected chi connectivity index (χ4v) is 2.81. The molecule has 11 heteroatoms. The second kappa shape index (κ2) is 9.93. The average Bonchev–Trinajstić information content (AvgIpc) is 3.16. The van der Waals surface area contributed by atoms with Crippen molar-refractivity contribution < 1.29 is 22.7 Å². The van der Waals surface area contributed by atoms with E-state index in [1.54, 1.807) is 19.2 Å². The van der Waals surface area contributed by atoms with Gasteiger partial charge in [-0.2, -0.15) is 13.2 Å². The molecular formula is C17H20F3N5O2S. The van der Waals surface area contributed by atoms with Crippen LogP contribution in [0, 0.1) is 0 Å². The van der Waals surface area contributed by atoms with Crippen LogP contribution < -0.4 is 20.7 Å². The molecule has 1 aromatic heterocycles. The maximum absolute atomic E-state index is 12.5. The molecule has 0 radical (unpaired) electrons. The highest BCUT2D eigenvalue weighted by molar-refractivity contribution is 7.09. The number of hydrogen-bond acceptors (Lipinski definition) is 5. The van der Waals surface area contributed by atoms with Crippen molar-refractivity contribution >= 4 is 23.2 Å². The van der Waals surface area contributed by atoms with E-state index in [2.05, 4.69) is 25.9 Å². The van der Waals surface area contributed by atoms with Crippen molar-refractivity contribution in [2.45, 2.75) is 19.3 Å². The molecular weight excluding hydrogens is 395 g/mol. The van der Waals surface area contributed by atoms with E-state index in [0.29, 0.717) is 6.54 Å². The average molecular weight is 415 g/mol. The Morgan fingerprint density at radius 2 is 1.89 bits per heavy atom. The normalized spacial score (nSPS) is 11.8. The summed E-state index contributed by atoms with van der Waals surface area (Å²) in [5, 5.41) is 9.58. The standard InChI is InChI=1S/C17H20F3N5O2S/c1-21-16(24-9-15-25-13(10-28-15)17(18,19)20)23-8-14(26)22-7-11-3-5-12(27-2)6-4-11/h3-6,10H,7-9H2,1-2H3,(H,22,26)(H2,21,23,24). The lowest BCUT2D eigenvalue weighted by molar-refractivity contribution is -0.140. The van der Waals surface area contributed by atoms with Crippen LogP contribution in [0.4, 0.5) is 13.2 Å². The van der Waals surface area contributed by atoms with Crippen molar-refractivity contribution in [3.8, 4) is 5.75 Å². The zero-order chi connectivity index (χ0) is 20.6. The number of benzene rings is 1. The van der Waals surface area contributed by atoms with E-state index in [9.17, 15) is 18.0 Å². The minimum atomic E-state index is -4.46. The van der Waals surface area contributed by atoms with Gasteiger partial charge in [0.2, 0.25) is 5.91 Å². The first-order valence-electron chi connectivity index (χ1n) is 8.17. The summed E-state index contributed by atoms with van der Waals surface area (Å²) >= 11 is 0.897. The zero-order valence-electron chi connectivity index (χ0n) is 15.3. The van der Waals surface area contributed by atoms with Gasteiger partial charge in [0.15, 0.2) is 11.7 Å². The summed E-state index contributed by atoms with van der Waals surface area (Å²) in [6.07, 6.45) is -4.46. The molecule has 7 nitrogen and oxygen atoms in total. The molecule has 2 rings (SSSR count). The van der Waals surface area contributed by atoms with Crippen molar-refractivity contribution in [3.05, 3.63) is 45.9 Å². The summed E-state index contributed by atoms with van der Waals surface area (Å²) in [6.45, 7) is 0.380. The van der Waals surface area contributed by atoms with Gasteiger partial charge in [-0.05, 0) is 17.7 Å². The minimum Gasteiger partial charge on any atom is -0.497 e. The molecule has 2 aromatic rings. The number of halogens is 3. The smallest absolute Gasteiger partial charge is 0.434 e. The molecule has 0 atom stereocenters. The van der Waals surface area contributed by atoms with Gasteiger partial charge in [0.25, 0.3) is 0 Å². The van der Waals surface area contributed by atoms with Crippen LogP contribution in [0.5, 0.6) is 5.75 Å². The number of carbonyl (C=O) groups is 1. The number of alkyl halides is 3. The van der Waals surface area contributed by atoms with E-state index in [4.69, 9.17) is 4.74 Å². The number of thiazole rings is 1. The minimum absolute atomic E-state index is 0.0402. The summed E-state index contributed by atoms with van der Waals surface area (Å²) < 4.78 is 42.7. The van der Waals surface area contributed by atoms with Crippen molar-refractivity contribution in [3.63, 3.8) is 0 Å².